The minimum Gasteiger partial charge on any atom is -0.497 e. The van der Waals surface area contributed by atoms with Gasteiger partial charge in [-0.3, -0.25) is 9.36 Å². The third-order valence-electron chi connectivity index (χ3n) is 5.02. The van der Waals surface area contributed by atoms with Crippen LogP contribution in [0, 0.1) is 0 Å². The van der Waals surface area contributed by atoms with Crippen LogP contribution in [0.15, 0.2) is 76.5 Å². The van der Waals surface area contributed by atoms with Crippen molar-refractivity contribution in [2.75, 3.05) is 12.9 Å². The van der Waals surface area contributed by atoms with Crippen LogP contribution in [0.1, 0.15) is 24.3 Å². The number of halogens is 1. The smallest absolute Gasteiger partial charge is 0.230 e. The number of nitrogens with one attached hydrogen (secondary N) is 1. The Morgan fingerprint density at radius 2 is 2.03 bits per heavy atom. The van der Waals surface area contributed by atoms with Gasteiger partial charge >= 0.3 is 0 Å². The standard InChI is InChI=1S/C24H23ClN4O3S/c1-16(20-10-3-4-11-21(20)25)26-22(30)15-33-24-28-27-23(17-7-5-8-18(13-17)31-2)29(24)14-19-9-6-12-32-19/h3-13,16H,14-15H2,1-2H3,(H,26,30). The fourth-order valence-corrected chi connectivity index (χ4v) is 4.44. The second-order valence-electron chi connectivity index (χ2n) is 7.30. The van der Waals surface area contributed by atoms with Crippen LogP contribution in [-0.2, 0) is 11.3 Å². The second kappa shape index (κ2) is 10.6. The monoisotopic (exact) mass is 482 g/mol. The van der Waals surface area contributed by atoms with Crippen molar-refractivity contribution < 1.29 is 13.9 Å². The van der Waals surface area contributed by atoms with E-state index >= 15 is 0 Å². The Balaban J connectivity index is 1.51. The number of benzene rings is 2. The number of carbonyl (C=O) groups excluding carboxylic acids is 1. The lowest BCUT2D eigenvalue weighted by atomic mass is 10.1. The SMILES string of the molecule is COc1cccc(-c2nnc(SCC(=O)NC(C)c3ccccc3Cl)n2Cc2ccco2)c1. The highest BCUT2D eigenvalue weighted by Crippen LogP contribution is 2.28. The van der Waals surface area contributed by atoms with E-state index in [0.29, 0.717) is 22.5 Å². The van der Waals surface area contributed by atoms with Crippen LogP contribution in [-0.4, -0.2) is 33.5 Å². The molecule has 1 N–H and O–H groups in total. The molecule has 0 aliphatic carbocycles. The Bertz CT molecular complexity index is 1230. The average molecular weight is 483 g/mol. The van der Waals surface area contributed by atoms with Crippen molar-refractivity contribution in [2.45, 2.75) is 24.7 Å². The molecule has 7 nitrogen and oxygen atoms in total. The fraction of sp³-hybridized carbons (Fsp3) is 0.208. The average Bonchev–Trinajstić information content (AvgIpc) is 3.48. The maximum absolute atomic E-state index is 12.6. The number of ether oxygens (including phenoxy) is 1. The molecule has 2 aromatic heterocycles. The van der Waals surface area contributed by atoms with Crippen LogP contribution in [0.2, 0.25) is 5.02 Å². The Hall–Kier alpha value is -3.23. The summed E-state index contributed by atoms with van der Waals surface area (Å²) < 4.78 is 12.8. The number of thioether (sulfide) groups is 1. The van der Waals surface area contributed by atoms with E-state index in [1.807, 2.05) is 72.2 Å². The summed E-state index contributed by atoms with van der Waals surface area (Å²) in [7, 11) is 1.62. The zero-order valence-electron chi connectivity index (χ0n) is 18.2. The number of hydrogen-bond donors (Lipinski definition) is 1. The van der Waals surface area contributed by atoms with Crippen LogP contribution >= 0.6 is 23.4 Å². The molecule has 0 bridgehead atoms. The highest BCUT2D eigenvalue weighted by molar-refractivity contribution is 7.99. The summed E-state index contributed by atoms with van der Waals surface area (Å²) >= 11 is 7.57. The first-order valence-corrected chi connectivity index (χ1v) is 11.7. The Morgan fingerprint density at radius 1 is 1.18 bits per heavy atom. The number of aromatic nitrogens is 3. The van der Waals surface area contributed by atoms with Crippen molar-refractivity contribution in [1.29, 1.82) is 0 Å². The molecule has 1 amide bonds. The van der Waals surface area contributed by atoms with E-state index < -0.39 is 0 Å². The van der Waals surface area contributed by atoms with Gasteiger partial charge in [-0.1, -0.05) is 53.7 Å². The summed E-state index contributed by atoms with van der Waals surface area (Å²) in [6.07, 6.45) is 1.63. The molecule has 33 heavy (non-hydrogen) atoms. The number of furan rings is 1. The summed E-state index contributed by atoms with van der Waals surface area (Å²) in [5, 5.41) is 13.0. The summed E-state index contributed by atoms with van der Waals surface area (Å²) in [5.41, 5.74) is 1.73. The van der Waals surface area contributed by atoms with Crippen molar-refractivity contribution in [3.8, 4) is 17.1 Å². The van der Waals surface area contributed by atoms with Crippen LogP contribution < -0.4 is 10.1 Å². The molecule has 4 rings (SSSR count). The number of methoxy groups -OCH3 is 1. The molecule has 1 atom stereocenters. The molecule has 0 aliphatic heterocycles. The van der Waals surface area contributed by atoms with Crippen molar-refractivity contribution in [1.82, 2.24) is 20.1 Å². The summed E-state index contributed by atoms with van der Waals surface area (Å²) in [6, 6.07) is 18.6. The van der Waals surface area contributed by atoms with Crippen LogP contribution in [0.3, 0.4) is 0 Å². The molecular formula is C24H23ClN4O3S. The van der Waals surface area contributed by atoms with Gasteiger partial charge in [0.05, 0.1) is 31.7 Å². The van der Waals surface area contributed by atoms with Gasteiger partial charge in [0.2, 0.25) is 5.91 Å². The normalized spacial score (nSPS) is 11.8. The van der Waals surface area contributed by atoms with E-state index in [-0.39, 0.29) is 17.7 Å². The molecule has 2 aromatic carbocycles. The minimum atomic E-state index is -0.208. The molecule has 0 spiro atoms. The fourth-order valence-electron chi connectivity index (χ4n) is 3.39. The summed E-state index contributed by atoms with van der Waals surface area (Å²) in [5.74, 6) is 2.21. The van der Waals surface area contributed by atoms with Gasteiger partial charge in [-0.25, -0.2) is 0 Å². The first-order chi connectivity index (χ1) is 16.0. The molecular weight excluding hydrogens is 460 g/mol. The van der Waals surface area contributed by atoms with Gasteiger partial charge in [0.25, 0.3) is 0 Å². The van der Waals surface area contributed by atoms with Gasteiger partial charge in [-0.2, -0.15) is 0 Å². The lowest BCUT2D eigenvalue weighted by Gasteiger charge is -2.15. The molecule has 0 aliphatic rings. The highest BCUT2D eigenvalue weighted by Gasteiger charge is 2.18. The van der Waals surface area contributed by atoms with E-state index in [9.17, 15) is 4.79 Å². The predicted octanol–water partition coefficient (Wildman–Crippen LogP) is 5.22. The molecule has 4 aromatic rings. The number of hydrogen-bond acceptors (Lipinski definition) is 6. The molecule has 2 heterocycles. The summed E-state index contributed by atoms with van der Waals surface area (Å²) in [4.78, 5) is 12.6. The molecule has 0 saturated heterocycles. The number of amides is 1. The van der Waals surface area contributed by atoms with E-state index in [1.165, 1.54) is 11.8 Å². The van der Waals surface area contributed by atoms with E-state index in [2.05, 4.69) is 15.5 Å². The zero-order valence-corrected chi connectivity index (χ0v) is 19.8. The number of nitrogens with zero attached hydrogens (tertiary/aromatic N) is 3. The Labute approximate surface area is 201 Å². The van der Waals surface area contributed by atoms with Gasteiger partial charge in [0.1, 0.15) is 11.5 Å². The molecule has 170 valence electrons. The van der Waals surface area contributed by atoms with Crippen molar-refractivity contribution >= 4 is 29.3 Å². The second-order valence-corrected chi connectivity index (χ2v) is 8.65. The minimum absolute atomic E-state index is 0.122. The Kier molecular flexibility index (Phi) is 7.36. The van der Waals surface area contributed by atoms with Gasteiger partial charge in [0.15, 0.2) is 11.0 Å². The van der Waals surface area contributed by atoms with Gasteiger partial charge in [-0.05, 0) is 42.8 Å². The van der Waals surface area contributed by atoms with Gasteiger partial charge in [0, 0.05) is 10.6 Å². The quantitative estimate of drug-likeness (QED) is 0.329. The van der Waals surface area contributed by atoms with E-state index in [1.54, 1.807) is 13.4 Å². The van der Waals surface area contributed by atoms with Crippen LogP contribution in [0.5, 0.6) is 5.75 Å². The van der Waals surface area contributed by atoms with Gasteiger partial charge < -0.3 is 14.5 Å². The lowest BCUT2D eigenvalue weighted by molar-refractivity contribution is -0.119. The molecule has 0 radical (unpaired) electrons. The van der Waals surface area contributed by atoms with Crippen molar-refractivity contribution in [2.24, 2.45) is 0 Å². The van der Waals surface area contributed by atoms with Crippen LogP contribution in [0.25, 0.3) is 11.4 Å². The maximum atomic E-state index is 12.6. The topological polar surface area (TPSA) is 82.2 Å². The van der Waals surface area contributed by atoms with Crippen LogP contribution in [0.4, 0.5) is 0 Å². The Morgan fingerprint density at radius 3 is 2.79 bits per heavy atom. The number of rotatable bonds is 9. The van der Waals surface area contributed by atoms with Crippen molar-refractivity contribution in [3.63, 3.8) is 0 Å². The summed E-state index contributed by atoms with van der Waals surface area (Å²) in [6.45, 7) is 2.34. The molecule has 9 heteroatoms. The predicted molar refractivity (Wildman–Crippen MR) is 129 cm³/mol. The first kappa shape index (κ1) is 22.9. The van der Waals surface area contributed by atoms with Crippen molar-refractivity contribution in [3.05, 3.63) is 83.3 Å². The zero-order chi connectivity index (χ0) is 23.2. The largest absolute Gasteiger partial charge is 0.497 e. The third-order valence-corrected chi connectivity index (χ3v) is 6.33. The lowest BCUT2D eigenvalue weighted by Crippen LogP contribution is -2.28. The number of carbonyl (C=O) groups is 1. The maximum Gasteiger partial charge on any atom is 0.230 e. The molecule has 1 unspecified atom stereocenters. The van der Waals surface area contributed by atoms with E-state index in [4.69, 9.17) is 20.8 Å². The highest BCUT2D eigenvalue weighted by atomic mass is 35.5. The van der Waals surface area contributed by atoms with Gasteiger partial charge in [-0.15, -0.1) is 10.2 Å². The molecule has 0 saturated carbocycles. The van der Waals surface area contributed by atoms with E-state index in [0.717, 1.165) is 22.6 Å². The molecule has 0 fully saturated rings. The first-order valence-electron chi connectivity index (χ1n) is 10.3. The third kappa shape index (κ3) is 5.58.